The van der Waals surface area contributed by atoms with E-state index in [0.29, 0.717) is 29.8 Å². The largest absolute Gasteiger partial charge is 0.460 e. The third-order valence-electron chi connectivity index (χ3n) is 14.4. The summed E-state index contributed by atoms with van der Waals surface area (Å²) >= 11 is 0. The number of rotatable bonds is 3. The zero-order valence-corrected chi connectivity index (χ0v) is 31.3. The summed E-state index contributed by atoms with van der Waals surface area (Å²) in [6.45, 7) is 9.33. The molecule has 10 unspecified atom stereocenters. The Balaban J connectivity index is 0.000000125. The van der Waals surface area contributed by atoms with Crippen molar-refractivity contribution in [3.8, 4) is 0 Å². The smallest absolute Gasteiger partial charge is 0.134 e. The zero-order chi connectivity index (χ0) is 35.2. The van der Waals surface area contributed by atoms with Crippen LogP contribution in [-0.2, 0) is 19.3 Å². The van der Waals surface area contributed by atoms with Gasteiger partial charge in [-0.25, -0.2) is 0 Å². The predicted octanol–water partition coefficient (Wildman–Crippen LogP) is 10.6. The van der Waals surface area contributed by atoms with Crippen molar-refractivity contribution in [3.05, 3.63) is 142 Å². The van der Waals surface area contributed by atoms with E-state index in [1.807, 2.05) is 0 Å². The van der Waals surface area contributed by atoms with Gasteiger partial charge in [-0.2, -0.15) is 0 Å². The number of aryl methyl sites for hydroxylation is 2. The van der Waals surface area contributed by atoms with Gasteiger partial charge in [0.25, 0.3) is 0 Å². The molecule has 4 heteroatoms. The number of hydrogen-bond acceptors (Lipinski definition) is 4. The van der Waals surface area contributed by atoms with Crippen LogP contribution < -0.4 is 0 Å². The topological polar surface area (TPSA) is 32.8 Å². The molecule has 4 nitrogen and oxygen atoms in total. The van der Waals surface area contributed by atoms with Gasteiger partial charge in [-0.05, 0) is 112 Å². The fourth-order valence-corrected chi connectivity index (χ4v) is 12.5. The second kappa shape index (κ2) is 12.7. The highest BCUT2D eigenvalue weighted by molar-refractivity contribution is 5.84. The standard InChI is InChI=1S/C25H27NO.C24H25NO/c1-16-7-8-23-21(11-16)20-9-10-26-15-18-13-19(12-17-5-3-2-4-6-17)24(26)22(14-18)25(20)27-23;1-15-7-8-22-20(11-15)18-9-10-25-14-16-12-19(17-5-3-2-4-6-17)23(25)21(13-16)24(18)26-22/h2-8,11,18-19,22,24H,9-10,12-15H2,1H3;2-8,11,16,19,21,23H,9-10,12-14H2,1H3. The molecule has 8 aliphatic rings. The van der Waals surface area contributed by atoms with Gasteiger partial charge in [-0.15, -0.1) is 0 Å². The van der Waals surface area contributed by atoms with Gasteiger partial charge in [0.2, 0.25) is 0 Å². The molecule has 270 valence electrons. The van der Waals surface area contributed by atoms with Crippen molar-refractivity contribution >= 4 is 21.9 Å². The molecule has 0 N–H and O–H groups in total. The average molecular weight is 701 g/mol. The molecule has 8 bridgehead atoms. The summed E-state index contributed by atoms with van der Waals surface area (Å²) in [5, 5.41) is 2.73. The van der Waals surface area contributed by atoms with E-state index in [4.69, 9.17) is 8.83 Å². The maximum Gasteiger partial charge on any atom is 0.134 e. The van der Waals surface area contributed by atoms with Crippen molar-refractivity contribution in [1.29, 1.82) is 0 Å². The van der Waals surface area contributed by atoms with Crippen molar-refractivity contribution in [1.82, 2.24) is 9.80 Å². The van der Waals surface area contributed by atoms with Crippen LogP contribution in [0.1, 0.15) is 88.3 Å². The number of piperidine rings is 4. The Kier molecular flexibility index (Phi) is 7.77. The van der Waals surface area contributed by atoms with Gasteiger partial charge in [-0.1, -0.05) is 83.9 Å². The molecule has 6 aromatic rings. The van der Waals surface area contributed by atoms with Gasteiger partial charge in [0.05, 0.1) is 0 Å². The molecular formula is C49H52N2O2. The molecule has 53 heavy (non-hydrogen) atoms. The first kappa shape index (κ1) is 32.3. The minimum atomic E-state index is 0.554. The van der Waals surface area contributed by atoms with E-state index in [1.165, 1.54) is 114 Å². The van der Waals surface area contributed by atoms with Gasteiger partial charge >= 0.3 is 0 Å². The highest BCUT2D eigenvalue weighted by Crippen LogP contribution is 2.55. The SMILES string of the molecule is Cc1ccc2oc3c(c2c1)CCN1CC2CC(Cc4ccccc4)C1C3C2.Cc1ccc2oc3c(c2c1)CCN1CC2CC(c4ccccc4)C1C3C2. The van der Waals surface area contributed by atoms with Gasteiger partial charge in [-0.3, -0.25) is 9.80 Å². The normalized spacial score (nSPS) is 32.0. The molecule has 8 heterocycles. The third-order valence-corrected chi connectivity index (χ3v) is 14.4. The molecule has 0 amide bonds. The van der Waals surface area contributed by atoms with Crippen LogP contribution in [0.3, 0.4) is 0 Å². The quantitative estimate of drug-likeness (QED) is 0.184. The Morgan fingerprint density at radius 2 is 1.09 bits per heavy atom. The summed E-state index contributed by atoms with van der Waals surface area (Å²) in [5.74, 6) is 6.80. The van der Waals surface area contributed by atoms with Crippen LogP contribution in [0.2, 0.25) is 0 Å². The minimum absolute atomic E-state index is 0.554. The van der Waals surface area contributed by atoms with Crippen LogP contribution in [0.25, 0.3) is 21.9 Å². The lowest BCUT2D eigenvalue weighted by molar-refractivity contribution is -0.0154. The van der Waals surface area contributed by atoms with Crippen molar-refractivity contribution < 1.29 is 8.83 Å². The lowest BCUT2D eigenvalue weighted by Crippen LogP contribution is -2.56. The van der Waals surface area contributed by atoms with Crippen LogP contribution in [-0.4, -0.2) is 48.1 Å². The summed E-state index contributed by atoms with van der Waals surface area (Å²) in [4.78, 5) is 5.60. The molecule has 2 aliphatic carbocycles. The van der Waals surface area contributed by atoms with Crippen LogP contribution >= 0.6 is 0 Å². The van der Waals surface area contributed by atoms with E-state index < -0.39 is 0 Å². The molecule has 2 aromatic heterocycles. The first-order valence-electron chi connectivity index (χ1n) is 20.6. The van der Waals surface area contributed by atoms with Crippen LogP contribution in [0, 0.1) is 31.6 Å². The third kappa shape index (κ3) is 5.46. The maximum atomic E-state index is 6.54. The first-order valence-corrected chi connectivity index (χ1v) is 20.6. The van der Waals surface area contributed by atoms with Crippen molar-refractivity contribution in [2.24, 2.45) is 17.8 Å². The second-order valence-corrected chi connectivity index (χ2v) is 17.7. The number of furan rings is 2. The summed E-state index contributed by atoms with van der Waals surface area (Å²) in [5.41, 5.74) is 10.9. The summed E-state index contributed by atoms with van der Waals surface area (Å²) < 4.78 is 13.1. The highest BCUT2D eigenvalue weighted by atomic mass is 16.3. The van der Waals surface area contributed by atoms with Crippen LogP contribution in [0.5, 0.6) is 0 Å². The highest BCUT2D eigenvalue weighted by Gasteiger charge is 2.51. The fourth-order valence-electron chi connectivity index (χ4n) is 12.5. The first-order chi connectivity index (χ1) is 26.0. The summed E-state index contributed by atoms with van der Waals surface area (Å²) in [6, 6.07) is 36.9. The average Bonchev–Trinajstić information content (AvgIpc) is 3.67. The lowest BCUT2D eigenvalue weighted by atomic mass is 9.64. The molecule has 0 spiro atoms. The van der Waals surface area contributed by atoms with Crippen molar-refractivity contribution in [3.63, 3.8) is 0 Å². The Hall–Kier alpha value is -4.12. The zero-order valence-electron chi connectivity index (χ0n) is 31.3. The lowest BCUT2D eigenvalue weighted by Gasteiger charge is -2.53. The summed E-state index contributed by atoms with van der Waals surface area (Å²) in [7, 11) is 0. The molecule has 10 atom stereocenters. The molecular weight excluding hydrogens is 649 g/mol. The molecule has 0 radical (unpaired) electrons. The molecule has 6 fully saturated rings. The fraction of sp³-hybridized carbons (Fsp3) is 0.429. The Morgan fingerprint density at radius 3 is 1.72 bits per heavy atom. The Bertz CT molecular complexity index is 2290. The Labute approximate surface area is 314 Å². The maximum absolute atomic E-state index is 6.54. The van der Waals surface area contributed by atoms with Crippen LogP contribution in [0.15, 0.2) is 106 Å². The number of hydrogen-bond donors (Lipinski definition) is 0. The molecule has 14 rings (SSSR count). The molecule has 4 saturated heterocycles. The van der Waals surface area contributed by atoms with E-state index in [0.717, 1.165) is 41.8 Å². The number of benzene rings is 4. The van der Waals surface area contributed by atoms with E-state index in [1.54, 1.807) is 0 Å². The van der Waals surface area contributed by atoms with E-state index in [2.05, 4.69) is 121 Å². The number of nitrogens with zero attached hydrogens (tertiary/aromatic N) is 2. The monoisotopic (exact) mass is 700 g/mol. The second-order valence-electron chi connectivity index (χ2n) is 17.7. The minimum Gasteiger partial charge on any atom is -0.460 e. The van der Waals surface area contributed by atoms with Gasteiger partial charge in [0.15, 0.2) is 0 Å². The number of fused-ring (bicyclic) bond motifs is 8. The molecule has 6 aliphatic heterocycles. The van der Waals surface area contributed by atoms with E-state index >= 15 is 0 Å². The van der Waals surface area contributed by atoms with E-state index in [9.17, 15) is 0 Å². The van der Waals surface area contributed by atoms with Crippen molar-refractivity contribution in [2.45, 2.75) is 88.6 Å². The van der Waals surface area contributed by atoms with Crippen molar-refractivity contribution in [2.75, 3.05) is 26.2 Å². The summed E-state index contributed by atoms with van der Waals surface area (Å²) in [6.07, 6.45) is 8.84. The molecule has 4 aromatic carbocycles. The van der Waals surface area contributed by atoms with Gasteiger partial charge < -0.3 is 8.83 Å². The van der Waals surface area contributed by atoms with Gasteiger partial charge in [0, 0.05) is 77.9 Å². The van der Waals surface area contributed by atoms with Crippen LogP contribution in [0.4, 0.5) is 0 Å². The predicted molar refractivity (Wildman–Crippen MR) is 214 cm³/mol. The van der Waals surface area contributed by atoms with E-state index in [-0.39, 0.29) is 0 Å². The molecule has 2 saturated carbocycles. The van der Waals surface area contributed by atoms with Gasteiger partial charge in [0.1, 0.15) is 22.7 Å². The Morgan fingerprint density at radius 1 is 0.566 bits per heavy atom.